The van der Waals surface area contributed by atoms with Gasteiger partial charge in [-0.3, -0.25) is 4.98 Å². The van der Waals surface area contributed by atoms with Crippen molar-refractivity contribution < 1.29 is 14.2 Å². The van der Waals surface area contributed by atoms with Crippen LogP contribution in [-0.2, 0) is 19.6 Å². The van der Waals surface area contributed by atoms with Crippen LogP contribution in [0.25, 0.3) is 0 Å². The van der Waals surface area contributed by atoms with Crippen LogP contribution < -0.4 is 19.1 Å². The molecule has 0 aliphatic carbocycles. The van der Waals surface area contributed by atoms with Crippen molar-refractivity contribution in [1.29, 1.82) is 0 Å². The molecule has 0 saturated heterocycles. The van der Waals surface area contributed by atoms with Crippen molar-refractivity contribution in [3.05, 3.63) is 71.5 Å². The molecule has 0 fully saturated rings. The summed E-state index contributed by atoms with van der Waals surface area (Å²) in [5.74, 6) is 3.15. The third-order valence-corrected chi connectivity index (χ3v) is 4.85. The summed E-state index contributed by atoms with van der Waals surface area (Å²) in [5, 5.41) is 0. The van der Waals surface area contributed by atoms with E-state index < -0.39 is 0 Å². The van der Waals surface area contributed by atoms with Crippen molar-refractivity contribution in [1.82, 2.24) is 9.97 Å². The third kappa shape index (κ3) is 4.01. The van der Waals surface area contributed by atoms with Crippen LogP contribution in [0.15, 0.2) is 54.7 Å². The fourth-order valence-corrected chi connectivity index (χ4v) is 3.29. The Balaban J connectivity index is 1.45. The first kappa shape index (κ1) is 18.1. The molecule has 4 rings (SSSR count). The van der Waals surface area contributed by atoms with E-state index in [1.54, 1.807) is 20.4 Å². The Bertz CT molecular complexity index is 944. The Kier molecular flexibility index (Phi) is 5.28. The number of rotatable bonds is 6. The van der Waals surface area contributed by atoms with E-state index in [-0.39, 0.29) is 0 Å². The average Bonchev–Trinajstić information content (AvgIpc) is 2.77. The highest BCUT2D eigenvalue weighted by Crippen LogP contribution is 2.27. The highest BCUT2D eigenvalue weighted by Gasteiger charge is 2.18. The van der Waals surface area contributed by atoms with Gasteiger partial charge in [-0.1, -0.05) is 12.1 Å². The van der Waals surface area contributed by atoms with Gasteiger partial charge in [-0.25, -0.2) is 0 Å². The van der Waals surface area contributed by atoms with Gasteiger partial charge in [0.1, 0.15) is 23.9 Å². The fraction of sp³-hybridized carbons (Fsp3) is 0.273. The van der Waals surface area contributed by atoms with E-state index in [0.29, 0.717) is 12.5 Å². The first-order valence-electron chi connectivity index (χ1n) is 9.24. The van der Waals surface area contributed by atoms with Crippen LogP contribution in [0.3, 0.4) is 0 Å². The van der Waals surface area contributed by atoms with Crippen LogP contribution in [0.5, 0.6) is 17.4 Å². The molecule has 0 atom stereocenters. The van der Waals surface area contributed by atoms with Crippen molar-refractivity contribution in [2.75, 3.05) is 25.7 Å². The maximum atomic E-state index is 5.95. The molecule has 3 aromatic rings. The highest BCUT2D eigenvalue weighted by atomic mass is 16.5. The third-order valence-electron chi connectivity index (χ3n) is 4.85. The SMILES string of the molecule is COc1ccc(COc2ccc3c(c2)CN(c2cccc(OC)n2)CC3)nc1. The Labute approximate surface area is 164 Å². The summed E-state index contributed by atoms with van der Waals surface area (Å²) < 4.78 is 16.3. The van der Waals surface area contributed by atoms with E-state index in [4.69, 9.17) is 14.2 Å². The van der Waals surface area contributed by atoms with Gasteiger partial charge >= 0.3 is 0 Å². The average molecular weight is 377 g/mol. The number of benzene rings is 1. The molecule has 3 heterocycles. The van der Waals surface area contributed by atoms with Gasteiger partial charge < -0.3 is 19.1 Å². The second kappa shape index (κ2) is 8.17. The van der Waals surface area contributed by atoms with E-state index in [9.17, 15) is 0 Å². The monoisotopic (exact) mass is 377 g/mol. The minimum Gasteiger partial charge on any atom is -0.495 e. The van der Waals surface area contributed by atoms with Crippen molar-refractivity contribution in [2.45, 2.75) is 19.6 Å². The molecule has 6 nitrogen and oxygen atoms in total. The molecule has 6 heteroatoms. The van der Waals surface area contributed by atoms with Crippen LogP contribution in [0.1, 0.15) is 16.8 Å². The van der Waals surface area contributed by atoms with Gasteiger partial charge in [0.25, 0.3) is 0 Å². The van der Waals surface area contributed by atoms with Gasteiger partial charge in [-0.05, 0) is 47.9 Å². The van der Waals surface area contributed by atoms with E-state index >= 15 is 0 Å². The van der Waals surface area contributed by atoms with Crippen LogP contribution in [-0.4, -0.2) is 30.7 Å². The normalized spacial score (nSPS) is 13.0. The lowest BCUT2D eigenvalue weighted by molar-refractivity contribution is 0.300. The highest BCUT2D eigenvalue weighted by molar-refractivity contribution is 5.47. The maximum Gasteiger partial charge on any atom is 0.214 e. The molecule has 2 aromatic heterocycles. The molecule has 1 aliphatic rings. The molecule has 0 bridgehead atoms. The van der Waals surface area contributed by atoms with Crippen molar-refractivity contribution in [3.63, 3.8) is 0 Å². The standard InChI is InChI=1S/C22H23N3O3/c1-26-20-9-7-18(23-13-20)15-28-19-8-6-16-10-11-25(14-17(16)12-19)21-4-3-5-22(24-21)27-2/h3-9,12-13H,10-11,14-15H2,1-2H3. The predicted octanol–water partition coefficient (Wildman–Crippen LogP) is 3.64. The zero-order valence-electron chi connectivity index (χ0n) is 16.1. The number of hydrogen-bond donors (Lipinski definition) is 0. The lowest BCUT2D eigenvalue weighted by Crippen LogP contribution is -2.31. The van der Waals surface area contributed by atoms with Gasteiger partial charge in [0.05, 0.1) is 26.1 Å². The molecule has 144 valence electrons. The van der Waals surface area contributed by atoms with Gasteiger partial charge in [-0.15, -0.1) is 0 Å². The Morgan fingerprint density at radius 2 is 1.86 bits per heavy atom. The van der Waals surface area contributed by atoms with Crippen molar-refractivity contribution in [2.24, 2.45) is 0 Å². The number of pyridine rings is 2. The Morgan fingerprint density at radius 1 is 0.964 bits per heavy atom. The van der Waals surface area contributed by atoms with E-state index in [2.05, 4.69) is 27.0 Å². The van der Waals surface area contributed by atoms with E-state index in [1.165, 1.54) is 11.1 Å². The summed E-state index contributed by atoms with van der Waals surface area (Å²) in [6.07, 6.45) is 2.68. The summed E-state index contributed by atoms with van der Waals surface area (Å²) in [7, 11) is 3.27. The van der Waals surface area contributed by atoms with Crippen LogP contribution in [0, 0.1) is 0 Å². The van der Waals surface area contributed by atoms with Crippen molar-refractivity contribution >= 4 is 5.82 Å². The quantitative estimate of drug-likeness (QED) is 0.654. The van der Waals surface area contributed by atoms with Gasteiger partial charge in [-0.2, -0.15) is 4.98 Å². The molecule has 1 aliphatic heterocycles. The Hall–Kier alpha value is -3.28. The molecule has 0 amide bonds. The van der Waals surface area contributed by atoms with Crippen LogP contribution in [0.4, 0.5) is 5.82 Å². The summed E-state index contributed by atoms with van der Waals surface area (Å²) in [4.78, 5) is 11.2. The molecule has 28 heavy (non-hydrogen) atoms. The second-order valence-electron chi connectivity index (χ2n) is 6.62. The number of fused-ring (bicyclic) bond motifs is 1. The summed E-state index contributed by atoms with van der Waals surface area (Å²) in [5.41, 5.74) is 3.48. The number of hydrogen-bond acceptors (Lipinski definition) is 6. The first-order chi connectivity index (χ1) is 13.7. The lowest BCUT2D eigenvalue weighted by atomic mass is 9.99. The predicted molar refractivity (Wildman–Crippen MR) is 107 cm³/mol. The zero-order valence-corrected chi connectivity index (χ0v) is 16.1. The zero-order chi connectivity index (χ0) is 19.3. The lowest BCUT2D eigenvalue weighted by Gasteiger charge is -2.30. The molecule has 0 unspecified atom stereocenters. The van der Waals surface area contributed by atoms with E-state index in [0.717, 1.165) is 42.5 Å². The van der Waals surface area contributed by atoms with Crippen LogP contribution in [0.2, 0.25) is 0 Å². The number of methoxy groups -OCH3 is 2. The summed E-state index contributed by atoms with van der Waals surface area (Å²) >= 11 is 0. The number of ether oxygens (including phenoxy) is 3. The first-order valence-corrected chi connectivity index (χ1v) is 9.24. The number of nitrogens with zero attached hydrogens (tertiary/aromatic N) is 3. The molecule has 1 aromatic carbocycles. The Morgan fingerprint density at radius 3 is 2.64 bits per heavy atom. The topological polar surface area (TPSA) is 56.7 Å². The molecule has 0 saturated carbocycles. The number of anilines is 1. The van der Waals surface area contributed by atoms with Gasteiger partial charge in [0.2, 0.25) is 5.88 Å². The minimum absolute atomic E-state index is 0.421. The largest absolute Gasteiger partial charge is 0.495 e. The second-order valence-corrected chi connectivity index (χ2v) is 6.62. The van der Waals surface area contributed by atoms with E-state index in [1.807, 2.05) is 36.4 Å². The fourth-order valence-electron chi connectivity index (χ4n) is 3.29. The van der Waals surface area contributed by atoms with Gasteiger partial charge in [0.15, 0.2) is 0 Å². The molecular formula is C22H23N3O3. The van der Waals surface area contributed by atoms with Crippen molar-refractivity contribution in [3.8, 4) is 17.4 Å². The molecule has 0 radical (unpaired) electrons. The van der Waals surface area contributed by atoms with Crippen LogP contribution >= 0.6 is 0 Å². The molecule has 0 N–H and O–H groups in total. The maximum absolute atomic E-state index is 5.95. The summed E-state index contributed by atoms with van der Waals surface area (Å²) in [6.45, 7) is 2.15. The molecular weight excluding hydrogens is 354 g/mol. The van der Waals surface area contributed by atoms with Gasteiger partial charge in [0, 0.05) is 19.2 Å². The minimum atomic E-state index is 0.421. The number of aromatic nitrogens is 2. The molecule has 0 spiro atoms. The smallest absolute Gasteiger partial charge is 0.214 e. The summed E-state index contributed by atoms with van der Waals surface area (Å²) in [6, 6.07) is 15.9.